The van der Waals surface area contributed by atoms with E-state index in [0.29, 0.717) is 24.1 Å². The van der Waals surface area contributed by atoms with E-state index in [2.05, 4.69) is 86.8 Å². The summed E-state index contributed by atoms with van der Waals surface area (Å²) < 4.78 is 34.8. The van der Waals surface area contributed by atoms with Crippen LogP contribution in [0.4, 0.5) is 0 Å². The first-order valence-electron chi connectivity index (χ1n) is 27.7. The number of allylic oxidation sites excluding steroid dienone is 12. The Labute approximate surface area is 414 Å². The van der Waals surface area contributed by atoms with E-state index in [1.807, 2.05) is 21.1 Å². The summed E-state index contributed by atoms with van der Waals surface area (Å²) in [5.41, 5.74) is 0. The van der Waals surface area contributed by atoms with Crippen LogP contribution in [0.1, 0.15) is 232 Å². The average molecular weight is 960 g/mol. The number of esters is 1. The fourth-order valence-corrected chi connectivity index (χ4v) is 8.24. The SMILES string of the molecule is CC/C=C\C/C=C\C/C=C\C/C=C\C/C=C\CCCCCCCCOCC(COP(=O)([O-])OCC[N+](C)(C)C)OC(=O)CCCCCCCCCCCCC/C=C\CCCCCCCCCC. The van der Waals surface area contributed by atoms with Crippen LogP contribution in [0.3, 0.4) is 0 Å². The third kappa shape index (κ3) is 54.7. The Morgan fingerprint density at radius 2 is 0.866 bits per heavy atom. The molecule has 8 nitrogen and oxygen atoms in total. The molecule has 9 heteroatoms. The summed E-state index contributed by atoms with van der Waals surface area (Å²) in [6.07, 6.45) is 66.5. The first kappa shape index (κ1) is 64.9. The van der Waals surface area contributed by atoms with Crippen molar-refractivity contribution in [3.8, 4) is 0 Å². The van der Waals surface area contributed by atoms with Crippen molar-refractivity contribution in [2.24, 2.45) is 0 Å². The molecule has 2 unspecified atom stereocenters. The molecule has 0 aliphatic carbocycles. The molecule has 67 heavy (non-hydrogen) atoms. The third-order valence-electron chi connectivity index (χ3n) is 11.7. The monoisotopic (exact) mass is 960 g/mol. The van der Waals surface area contributed by atoms with Crippen molar-refractivity contribution in [3.63, 3.8) is 0 Å². The molecule has 0 N–H and O–H groups in total. The number of phosphoric ester groups is 1. The van der Waals surface area contributed by atoms with E-state index in [0.717, 1.165) is 77.0 Å². The number of carbonyl (C=O) groups is 1. The molecule has 0 saturated heterocycles. The molecule has 390 valence electrons. The molecule has 0 radical (unpaired) electrons. The maximum absolute atomic E-state index is 12.8. The lowest BCUT2D eigenvalue weighted by Crippen LogP contribution is -2.37. The molecular formula is C58H106NO7P. The van der Waals surface area contributed by atoms with Crippen molar-refractivity contribution in [1.82, 2.24) is 0 Å². The van der Waals surface area contributed by atoms with E-state index in [-0.39, 0.29) is 25.8 Å². The van der Waals surface area contributed by atoms with Crippen molar-refractivity contribution >= 4 is 13.8 Å². The molecule has 0 aliphatic rings. The van der Waals surface area contributed by atoms with E-state index in [4.69, 9.17) is 18.5 Å². The summed E-state index contributed by atoms with van der Waals surface area (Å²) in [6, 6.07) is 0. The molecule has 2 atom stereocenters. The van der Waals surface area contributed by atoms with Gasteiger partial charge in [-0.3, -0.25) is 9.36 Å². The molecule has 0 rings (SSSR count). The van der Waals surface area contributed by atoms with Gasteiger partial charge in [0.25, 0.3) is 7.82 Å². The number of hydrogen-bond donors (Lipinski definition) is 0. The van der Waals surface area contributed by atoms with Gasteiger partial charge in [-0.15, -0.1) is 0 Å². The van der Waals surface area contributed by atoms with Crippen LogP contribution < -0.4 is 4.89 Å². The molecular weight excluding hydrogens is 854 g/mol. The van der Waals surface area contributed by atoms with Crippen LogP contribution in [-0.2, 0) is 27.9 Å². The zero-order valence-electron chi connectivity index (χ0n) is 44.3. The van der Waals surface area contributed by atoms with E-state index < -0.39 is 13.9 Å². The standard InChI is InChI=1S/C58H106NO7P/c1-6-8-10-12-14-16-18-20-22-24-26-28-30-31-33-35-37-39-41-43-45-47-49-51-58(60)66-57(56-65-67(61,62)64-54-52-59(3,4)5)55-63-53-50-48-46-44-42-40-38-36-34-32-29-27-25-23-21-19-17-15-13-11-9-7-2/h9,11,15,17,21,23-24,26-27,29,34,36,57H,6-8,10,12-14,16,18-20,22,25,28,30-33,35,37-56H2,1-5H3/b11-9-,17-15-,23-21-,26-24-,29-27-,36-34-. The fraction of sp³-hybridized carbons (Fsp3) is 0.776. The van der Waals surface area contributed by atoms with Gasteiger partial charge in [-0.2, -0.15) is 0 Å². The molecule has 0 amide bonds. The van der Waals surface area contributed by atoms with Crippen molar-refractivity contribution in [2.75, 3.05) is 54.1 Å². The van der Waals surface area contributed by atoms with Gasteiger partial charge in [-0.25, -0.2) is 0 Å². The van der Waals surface area contributed by atoms with Crippen LogP contribution in [0, 0.1) is 0 Å². The molecule has 0 spiro atoms. The summed E-state index contributed by atoms with van der Waals surface area (Å²) in [6.45, 7) is 5.28. The van der Waals surface area contributed by atoms with Crippen LogP contribution in [0.2, 0.25) is 0 Å². The maximum Gasteiger partial charge on any atom is 0.306 e. The van der Waals surface area contributed by atoms with Crippen molar-refractivity contribution in [2.45, 2.75) is 238 Å². The first-order chi connectivity index (χ1) is 32.6. The highest BCUT2D eigenvalue weighted by Crippen LogP contribution is 2.38. The average Bonchev–Trinajstić information content (AvgIpc) is 3.29. The van der Waals surface area contributed by atoms with E-state index in [9.17, 15) is 14.3 Å². The summed E-state index contributed by atoms with van der Waals surface area (Å²) in [4.78, 5) is 25.2. The predicted molar refractivity (Wildman–Crippen MR) is 286 cm³/mol. The largest absolute Gasteiger partial charge is 0.756 e. The highest BCUT2D eigenvalue weighted by atomic mass is 31.2. The topological polar surface area (TPSA) is 94.1 Å². The van der Waals surface area contributed by atoms with Gasteiger partial charge in [-0.05, 0) is 83.5 Å². The van der Waals surface area contributed by atoms with Gasteiger partial charge in [0.1, 0.15) is 19.3 Å². The van der Waals surface area contributed by atoms with Crippen LogP contribution >= 0.6 is 7.82 Å². The molecule has 0 aromatic carbocycles. The Kier molecular flexibility index (Phi) is 48.8. The highest BCUT2D eigenvalue weighted by Gasteiger charge is 2.20. The second-order valence-electron chi connectivity index (χ2n) is 19.6. The molecule has 0 bridgehead atoms. The minimum absolute atomic E-state index is 0.0200. The Balaban J connectivity index is 4.14. The van der Waals surface area contributed by atoms with E-state index in [1.54, 1.807) is 0 Å². The van der Waals surface area contributed by atoms with Gasteiger partial charge in [0.15, 0.2) is 0 Å². The Morgan fingerprint density at radius 1 is 0.478 bits per heavy atom. The number of hydrogen-bond acceptors (Lipinski definition) is 7. The van der Waals surface area contributed by atoms with E-state index >= 15 is 0 Å². The number of phosphoric acid groups is 1. The molecule has 0 saturated carbocycles. The Bertz CT molecular complexity index is 1300. The highest BCUT2D eigenvalue weighted by molar-refractivity contribution is 7.45. The zero-order valence-corrected chi connectivity index (χ0v) is 45.2. The number of likely N-dealkylation sites (N-methyl/N-ethyl adjacent to an activating group) is 1. The van der Waals surface area contributed by atoms with Gasteiger partial charge < -0.3 is 27.9 Å². The normalized spacial score (nSPS) is 14.1. The minimum Gasteiger partial charge on any atom is -0.756 e. The summed E-state index contributed by atoms with van der Waals surface area (Å²) >= 11 is 0. The van der Waals surface area contributed by atoms with E-state index in [1.165, 1.54) is 135 Å². The number of carbonyl (C=O) groups excluding carboxylic acids is 1. The van der Waals surface area contributed by atoms with Crippen molar-refractivity contribution in [3.05, 3.63) is 72.9 Å². The number of ether oxygens (including phenoxy) is 2. The Morgan fingerprint density at radius 3 is 1.31 bits per heavy atom. The summed E-state index contributed by atoms with van der Waals surface area (Å²) in [5, 5.41) is 0. The van der Waals surface area contributed by atoms with Crippen LogP contribution in [0.5, 0.6) is 0 Å². The number of unbranched alkanes of at least 4 members (excludes halogenated alkanes) is 25. The third-order valence-corrected chi connectivity index (χ3v) is 12.7. The molecule has 0 heterocycles. The van der Waals surface area contributed by atoms with Gasteiger partial charge >= 0.3 is 5.97 Å². The van der Waals surface area contributed by atoms with Gasteiger partial charge in [-0.1, -0.05) is 215 Å². The van der Waals surface area contributed by atoms with Gasteiger partial charge in [0.2, 0.25) is 0 Å². The second-order valence-corrected chi connectivity index (χ2v) is 21.0. The lowest BCUT2D eigenvalue weighted by atomic mass is 10.0. The summed E-state index contributed by atoms with van der Waals surface area (Å²) in [7, 11) is 1.34. The summed E-state index contributed by atoms with van der Waals surface area (Å²) in [5.74, 6) is -0.340. The molecule has 0 aromatic heterocycles. The maximum atomic E-state index is 12.8. The first-order valence-corrected chi connectivity index (χ1v) is 29.1. The fourth-order valence-electron chi connectivity index (χ4n) is 7.51. The molecule has 0 fully saturated rings. The van der Waals surface area contributed by atoms with Gasteiger partial charge in [0, 0.05) is 13.0 Å². The smallest absolute Gasteiger partial charge is 0.306 e. The molecule has 0 aromatic rings. The van der Waals surface area contributed by atoms with Crippen molar-refractivity contribution < 1.29 is 37.3 Å². The minimum atomic E-state index is -4.54. The lowest BCUT2D eigenvalue weighted by molar-refractivity contribution is -0.870. The number of rotatable bonds is 51. The zero-order chi connectivity index (χ0) is 49.0. The lowest BCUT2D eigenvalue weighted by Gasteiger charge is -2.28. The van der Waals surface area contributed by atoms with Crippen molar-refractivity contribution in [1.29, 1.82) is 0 Å². The van der Waals surface area contributed by atoms with Crippen LogP contribution in [0.15, 0.2) is 72.9 Å². The second kappa shape index (κ2) is 50.3. The molecule has 0 aliphatic heterocycles. The Hall–Kier alpha value is -2.06. The predicted octanol–water partition coefficient (Wildman–Crippen LogP) is 16.8. The van der Waals surface area contributed by atoms with Crippen LogP contribution in [-0.4, -0.2) is 70.7 Å². The number of quaternary nitrogens is 1. The van der Waals surface area contributed by atoms with Gasteiger partial charge in [0.05, 0.1) is 34.4 Å². The number of nitrogens with zero attached hydrogens (tertiary/aromatic N) is 1. The van der Waals surface area contributed by atoms with Crippen LogP contribution in [0.25, 0.3) is 0 Å². The quantitative estimate of drug-likeness (QED) is 0.0197.